The maximum atomic E-state index is 13.8. The number of rotatable bonds is 2. The number of aryl methyl sites for hydroxylation is 1. The summed E-state index contributed by atoms with van der Waals surface area (Å²) in [5, 5.41) is 0. The van der Waals surface area contributed by atoms with Gasteiger partial charge < -0.3 is 4.57 Å². The van der Waals surface area contributed by atoms with Gasteiger partial charge in [0.1, 0.15) is 5.82 Å². The Kier molecular flexibility index (Phi) is 3.20. The van der Waals surface area contributed by atoms with Crippen LogP contribution < -0.4 is 0 Å². The van der Waals surface area contributed by atoms with E-state index in [9.17, 15) is 4.39 Å². The Morgan fingerprint density at radius 1 is 1.28 bits per heavy atom. The molecule has 0 bridgehead atoms. The van der Waals surface area contributed by atoms with Crippen LogP contribution in [0.3, 0.4) is 0 Å². The minimum Gasteiger partial charge on any atom is -0.330 e. The van der Waals surface area contributed by atoms with Crippen molar-refractivity contribution in [2.45, 2.75) is 32.2 Å². The van der Waals surface area contributed by atoms with Gasteiger partial charge in [0.15, 0.2) is 0 Å². The number of imidazole rings is 1. The zero-order valence-electron chi connectivity index (χ0n) is 10.00. The SMILES string of the molecule is Fc1cc(Br)ccc1Cn1cnc2c1CCCC2. The number of nitrogens with zero attached hydrogens (tertiary/aromatic N) is 2. The summed E-state index contributed by atoms with van der Waals surface area (Å²) in [4.78, 5) is 4.43. The molecule has 1 aromatic heterocycles. The van der Waals surface area contributed by atoms with Crippen LogP contribution in [0.4, 0.5) is 4.39 Å². The van der Waals surface area contributed by atoms with Crippen molar-refractivity contribution in [2.24, 2.45) is 0 Å². The van der Waals surface area contributed by atoms with Crippen molar-refractivity contribution >= 4 is 15.9 Å². The first kappa shape index (κ1) is 11.9. The molecular weight excluding hydrogens is 295 g/mol. The van der Waals surface area contributed by atoms with Crippen LogP contribution in [0, 0.1) is 5.82 Å². The molecule has 1 aliphatic rings. The molecule has 3 rings (SSSR count). The Morgan fingerprint density at radius 2 is 2.11 bits per heavy atom. The highest BCUT2D eigenvalue weighted by atomic mass is 79.9. The van der Waals surface area contributed by atoms with Crippen LogP contribution in [0.15, 0.2) is 29.0 Å². The average molecular weight is 309 g/mol. The first-order valence-electron chi connectivity index (χ1n) is 6.21. The highest BCUT2D eigenvalue weighted by Crippen LogP contribution is 2.22. The number of halogens is 2. The first-order valence-corrected chi connectivity index (χ1v) is 7.00. The van der Waals surface area contributed by atoms with Gasteiger partial charge >= 0.3 is 0 Å². The maximum absolute atomic E-state index is 13.8. The van der Waals surface area contributed by atoms with Gasteiger partial charge in [-0.3, -0.25) is 0 Å². The molecule has 0 radical (unpaired) electrons. The molecular formula is C14H14BrFN2. The highest BCUT2D eigenvalue weighted by molar-refractivity contribution is 9.10. The lowest BCUT2D eigenvalue weighted by atomic mass is 10.0. The molecule has 0 N–H and O–H groups in total. The van der Waals surface area contributed by atoms with Crippen LogP contribution in [0.1, 0.15) is 29.8 Å². The second-order valence-electron chi connectivity index (χ2n) is 4.71. The Bertz CT molecular complexity index is 577. The third-order valence-electron chi connectivity index (χ3n) is 3.47. The largest absolute Gasteiger partial charge is 0.330 e. The van der Waals surface area contributed by atoms with Crippen molar-refractivity contribution < 1.29 is 4.39 Å². The molecule has 0 saturated heterocycles. The van der Waals surface area contributed by atoms with Gasteiger partial charge in [0.05, 0.1) is 18.6 Å². The molecule has 0 amide bonds. The van der Waals surface area contributed by atoms with Gasteiger partial charge in [-0.2, -0.15) is 0 Å². The summed E-state index contributed by atoms with van der Waals surface area (Å²) in [6, 6.07) is 5.22. The number of benzene rings is 1. The van der Waals surface area contributed by atoms with Crippen LogP contribution in [0.25, 0.3) is 0 Å². The van der Waals surface area contributed by atoms with Crippen molar-refractivity contribution in [2.75, 3.05) is 0 Å². The monoisotopic (exact) mass is 308 g/mol. The normalized spacial score (nSPS) is 14.6. The maximum Gasteiger partial charge on any atom is 0.129 e. The average Bonchev–Trinajstić information content (AvgIpc) is 2.76. The molecule has 0 saturated carbocycles. The van der Waals surface area contributed by atoms with E-state index >= 15 is 0 Å². The standard InChI is InChI=1S/C14H14BrFN2/c15-11-6-5-10(12(16)7-11)8-18-9-17-13-3-1-2-4-14(13)18/h5-7,9H,1-4,8H2. The molecule has 18 heavy (non-hydrogen) atoms. The third kappa shape index (κ3) is 2.21. The van der Waals surface area contributed by atoms with Crippen LogP contribution in [0.5, 0.6) is 0 Å². The summed E-state index contributed by atoms with van der Waals surface area (Å²) < 4.78 is 16.7. The van der Waals surface area contributed by atoms with Gasteiger partial charge in [0.25, 0.3) is 0 Å². The Morgan fingerprint density at radius 3 is 2.94 bits per heavy atom. The van der Waals surface area contributed by atoms with Gasteiger partial charge in [-0.05, 0) is 37.8 Å². The Hall–Kier alpha value is -1.16. The van der Waals surface area contributed by atoms with E-state index in [1.165, 1.54) is 30.3 Å². The van der Waals surface area contributed by atoms with E-state index in [0.29, 0.717) is 12.1 Å². The molecule has 0 unspecified atom stereocenters. The molecule has 0 atom stereocenters. The van der Waals surface area contributed by atoms with Gasteiger partial charge in [-0.15, -0.1) is 0 Å². The van der Waals surface area contributed by atoms with Gasteiger partial charge in [0, 0.05) is 15.7 Å². The lowest BCUT2D eigenvalue weighted by molar-refractivity contribution is 0.585. The van der Waals surface area contributed by atoms with E-state index in [2.05, 4.69) is 25.5 Å². The second-order valence-corrected chi connectivity index (χ2v) is 5.62. The number of hydrogen-bond donors (Lipinski definition) is 0. The predicted molar refractivity (Wildman–Crippen MR) is 72.1 cm³/mol. The molecule has 0 aliphatic heterocycles. The summed E-state index contributed by atoms with van der Waals surface area (Å²) in [7, 11) is 0. The van der Waals surface area contributed by atoms with E-state index in [1.54, 1.807) is 0 Å². The lowest BCUT2D eigenvalue weighted by Crippen LogP contribution is -2.09. The highest BCUT2D eigenvalue weighted by Gasteiger charge is 2.15. The van der Waals surface area contributed by atoms with E-state index in [-0.39, 0.29) is 5.82 Å². The van der Waals surface area contributed by atoms with E-state index in [1.807, 2.05) is 18.5 Å². The molecule has 0 spiro atoms. The van der Waals surface area contributed by atoms with Crippen molar-refractivity contribution in [3.05, 3.63) is 51.8 Å². The van der Waals surface area contributed by atoms with Crippen LogP contribution in [-0.2, 0) is 19.4 Å². The zero-order chi connectivity index (χ0) is 12.5. The molecule has 2 nitrogen and oxygen atoms in total. The number of aromatic nitrogens is 2. The number of fused-ring (bicyclic) bond motifs is 1. The summed E-state index contributed by atoms with van der Waals surface area (Å²) >= 11 is 3.28. The third-order valence-corrected chi connectivity index (χ3v) is 3.96. The quantitative estimate of drug-likeness (QED) is 0.827. The molecule has 2 aromatic rings. The van der Waals surface area contributed by atoms with E-state index < -0.39 is 0 Å². The smallest absolute Gasteiger partial charge is 0.129 e. The van der Waals surface area contributed by atoms with Gasteiger partial charge in [-0.1, -0.05) is 22.0 Å². The molecule has 4 heteroatoms. The number of hydrogen-bond acceptors (Lipinski definition) is 1. The molecule has 94 valence electrons. The van der Waals surface area contributed by atoms with Gasteiger partial charge in [0.2, 0.25) is 0 Å². The fourth-order valence-corrected chi connectivity index (χ4v) is 2.83. The van der Waals surface area contributed by atoms with Crippen molar-refractivity contribution in [3.63, 3.8) is 0 Å². The summed E-state index contributed by atoms with van der Waals surface area (Å²) in [6.07, 6.45) is 6.40. The van der Waals surface area contributed by atoms with Crippen LogP contribution >= 0.6 is 15.9 Å². The summed E-state index contributed by atoms with van der Waals surface area (Å²) in [5.74, 6) is -0.164. The predicted octanol–water partition coefficient (Wildman–Crippen LogP) is 3.71. The van der Waals surface area contributed by atoms with Crippen molar-refractivity contribution in [1.82, 2.24) is 9.55 Å². The minimum absolute atomic E-state index is 0.164. The van der Waals surface area contributed by atoms with Crippen molar-refractivity contribution in [3.8, 4) is 0 Å². The lowest BCUT2D eigenvalue weighted by Gasteiger charge is -2.14. The minimum atomic E-state index is -0.164. The zero-order valence-corrected chi connectivity index (χ0v) is 11.6. The van der Waals surface area contributed by atoms with Gasteiger partial charge in [-0.25, -0.2) is 9.37 Å². The summed E-state index contributed by atoms with van der Waals surface area (Å²) in [5.41, 5.74) is 3.19. The molecule has 1 aliphatic carbocycles. The van der Waals surface area contributed by atoms with Crippen LogP contribution in [-0.4, -0.2) is 9.55 Å². The summed E-state index contributed by atoms with van der Waals surface area (Å²) in [6.45, 7) is 0.571. The van der Waals surface area contributed by atoms with Crippen LogP contribution in [0.2, 0.25) is 0 Å². The Labute approximate surface area is 114 Å². The molecule has 1 heterocycles. The van der Waals surface area contributed by atoms with E-state index in [4.69, 9.17) is 0 Å². The fraction of sp³-hybridized carbons (Fsp3) is 0.357. The van der Waals surface area contributed by atoms with E-state index in [0.717, 1.165) is 17.3 Å². The van der Waals surface area contributed by atoms with Crippen molar-refractivity contribution in [1.29, 1.82) is 0 Å². The first-order chi connectivity index (χ1) is 8.74. The second kappa shape index (κ2) is 4.84. The molecule has 1 aromatic carbocycles. The molecule has 0 fully saturated rings. The Balaban J connectivity index is 1.90. The topological polar surface area (TPSA) is 17.8 Å². The fourth-order valence-electron chi connectivity index (χ4n) is 2.50.